The molecule has 8 heteroatoms. The molecule has 30 heavy (non-hydrogen) atoms. The molecule has 0 aliphatic carbocycles. The van der Waals surface area contributed by atoms with Crippen molar-refractivity contribution in [2.45, 2.75) is 12.5 Å². The Morgan fingerprint density at radius 3 is 2.47 bits per heavy atom. The lowest BCUT2D eigenvalue weighted by Gasteiger charge is -2.36. The molecule has 0 saturated carbocycles. The van der Waals surface area contributed by atoms with E-state index in [1.54, 1.807) is 23.1 Å². The van der Waals surface area contributed by atoms with Gasteiger partial charge in [-0.1, -0.05) is 29.8 Å². The van der Waals surface area contributed by atoms with E-state index in [1.807, 2.05) is 30.3 Å². The molecule has 2 amide bonds. The van der Waals surface area contributed by atoms with Crippen LogP contribution in [-0.4, -0.2) is 61.5 Å². The predicted octanol–water partition coefficient (Wildman–Crippen LogP) is 1.89. The second-order valence-electron chi connectivity index (χ2n) is 7.32. The molecule has 1 saturated heterocycles. The fourth-order valence-electron chi connectivity index (χ4n) is 3.73. The quantitative estimate of drug-likeness (QED) is 0.754. The zero-order chi connectivity index (χ0) is 21.1. The van der Waals surface area contributed by atoms with Crippen LogP contribution in [0.15, 0.2) is 48.5 Å². The zero-order valence-electron chi connectivity index (χ0n) is 16.3. The van der Waals surface area contributed by atoms with E-state index in [-0.39, 0.29) is 12.5 Å². The third-order valence-electron chi connectivity index (χ3n) is 5.42. The SMILES string of the molecule is O=C1O[C@@H](C(=O)NCC(=O)N2CCN(c3ccc(Cl)cc3)CC2)Cc2ccccc21. The number of esters is 1. The summed E-state index contributed by atoms with van der Waals surface area (Å²) in [5, 5.41) is 3.30. The molecule has 2 heterocycles. The van der Waals surface area contributed by atoms with Crippen molar-refractivity contribution in [1.82, 2.24) is 10.2 Å². The van der Waals surface area contributed by atoms with Crippen LogP contribution in [0.3, 0.4) is 0 Å². The molecule has 0 aromatic heterocycles. The average Bonchev–Trinajstić information content (AvgIpc) is 2.78. The molecule has 4 rings (SSSR count). The highest BCUT2D eigenvalue weighted by atomic mass is 35.5. The first-order chi connectivity index (χ1) is 14.5. The van der Waals surface area contributed by atoms with E-state index < -0.39 is 18.0 Å². The number of carbonyl (C=O) groups excluding carboxylic acids is 3. The van der Waals surface area contributed by atoms with Crippen molar-refractivity contribution in [1.29, 1.82) is 0 Å². The Bertz CT molecular complexity index is 955. The monoisotopic (exact) mass is 427 g/mol. The molecule has 2 aliphatic rings. The number of hydrogen-bond acceptors (Lipinski definition) is 5. The number of cyclic esters (lactones) is 1. The summed E-state index contributed by atoms with van der Waals surface area (Å²) in [4.78, 5) is 40.9. The molecule has 1 atom stereocenters. The summed E-state index contributed by atoms with van der Waals surface area (Å²) in [6.07, 6.45) is -0.608. The number of benzene rings is 2. The number of fused-ring (bicyclic) bond motifs is 1. The number of nitrogens with zero attached hydrogens (tertiary/aromatic N) is 2. The van der Waals surface area contributed by atoms with Crippen molar-refractivity contribution in [2.75, 3.05) is 37.6 Å². The van der Waals surface area contributed by atoms with Gasteiger partial charge in [-0.15, -0.1) is 0 Å². The molecule has 1 N–H and O–H groups in total. The number of piperazine rings is 1. The van der Waals surface area contributed by atoms with E-state index in [0.29, 0.717) is 43.2 Å². The van der Waals surface area contributed by atoms with Gasteiger partial charge < -0.3 is 19.9 Å². The summed E-state index contributed by atoms with van der Waals surface area (Å²) in [7, 11) is 0. The first-order valence-corrected chi connectivity index (χ1v) is 10.2. The highest BCUT2D eigenvalue weighted by molar-refractivity contribution is 6.30. The maximum Gasteiger partial charge on any atom is 0.339 e. The fourth-order valence-corrected chi connectivity index (χ4v) is 3.86. The second kappa shape index (κ2) is 8.75. The van der Waals surface area contributed by atoms with Crippen molar-refractivity contribution < 1.29 is 19.1 Å². The molecule has 1 fully saturated rings. The third-order valence-corrected chi connectivity index (χ3v) is 5.67. The minimum atomic E-state index is -0.915. The van der Waals surface area contributed by atoms with Gasteiger partial charge in [0.1, 0.15) is 0 Å². The van der Waals surface area contributed by atoms with E-state index in [9.17, 15) is 14.4 Å². The topological polar surface area (TPSA) is 78.9 Å². The zero-order valence-corrected chi connectivity index (χ0v) is 17.1. The Kier molecular flexibility index (Phi) is 5.90. The van der Waals surface area contributed by atoms with Gasteiger partial charge in [-0.05, 0) is 35.9 Å². The van der Waals surface area contributed by atoms with Gasteiger partial charge in [-0.25, -0.2) is 4.79 Å². The van der Waals surface area contributed by atoms with Crippen LogP contribution < -0.4 is 10.2 Å². The molecular formula is C22H22ClN3O4. The van der Waals surface area contributed by atoms with Gasteiger partial charge in [-0.3, -0.25) is 9.59 Å². The van der Waals surface area contributed by atoms with Crippen molar-refractivity contribution in [2.24, 2.45) is 0 Å². The number of anilines is 1. The number of ether oxygens (including phenoxy) is 1. The highest BCUT2D eigenvalue weighted by Crippen LogP contribution is 2.21. The first kappa shape index (κ1) is 20.2. The summed E-state index contributed by atoms with van der Waals surface area (Å²) >= 11 is 5.93. The van der Waals surface area contributed by atoms with Crippen LogP contribution in [0.4, 0.5) is 5.69 Å². The normalized spacial score (nSPS) is 18.4. The van der Waals surface area contributed by atoms with Crippen molar-refractivity contribution in [3.05, 3.63) is 64.7 Å². The Morgan fingerprint density at radius 2 is 1.73 bits per heavy atom. The number of amides is 2. The maximum absolute atomic E-state index is 12.5. The Balaban J connectivity index is 1.26. The van der Waals surface area contributed by atoms with Crippen LogP contribution in [0.25, 0.3) is 0 Å². The van der Waals surface area contributed by atoms with Crippen LogP contribution in [-0.2, 0) is 20.7 Å². The molecule has 156 valence electrons. The summed E-state index contributed by atoms with van der Waals surface area (Å²) in [6.45, 7) is 2.44. The van der Waals surface area contributed by atoms with Crippen LogP contribution in [0, 0.1) is 0 Å². The van der Waals surface area contributed by atoms with E-state index in [1.165, 1.54) is 0 Å². The number of carbonyl (C=O) groups is 3. The highest BCUT2D eigenvalue weighted by Gasteiger charge is 2.31. The summed E-state index contributed by atoms with van der Waals surface area (Å²) in [6, 6.07) is 14.7. The largest absolute Gasteiger partial charge is 0.448 e. The van der Waals surface area contributed by atoms with Gasteiger partial charge in [0.15, 0.2) is 6.10 Å². The molecule has 0 radical (unpaired) electrons. The molecular weight excluding hydrogens is 406 g/mol. The van der Waals surface area contributed by atoms with E-state index in [4.69, 9.17) is 16.3 Å². The molecule has 0 spiro atoms. The van der Waals surface area contributed by atoms with E-state index in [0.717, 1.165) is 11.3 Å². The third kappa shape index (κ3) is 4.41. The molecule has 7 nitrogen and oxygen atoms in total. The van der Waals surface area contributed by atoms with Gasteiger partial charge in [0.2, 0.25) is 5.91 Å². The molecule has 0 unspecified atom stereocenters. The van der Waals surface area contributed by atoms with Gasteiger partial charge in [0.05, 0.1) is 12.1 Å². The van der Waals surface area contributed by atoms with Crippen molar-refractivity contribution in [3.63, 3.8) is 0 Å². The lowest BCUT2D eigenvalue weighted by atomic mass is 9.98. The van der Waals surface area contributed by atoms with Crippen LogP contribution in [0.1, 0.15) is 15.9 Å². The molecule has 2 aromatic carbocycles. The maximum atomic E-state index is 12.5. The lowest BCUT2D eigenvalue weighted by molar-refractivity contribution is -0.136. The van der Waals surface area contributed by atoms with Crippen LogP contribution in [0.2, 0.25) is 5.02 Å². The average molecular weight is 428 g/mol. The Labute approximate surface area is 179 Å². The lowest BCUT2D eigenvalue weighted by Crippen LogP contribution is -2.52. The number of halogens is 1. The smallest absolute Gasteiger partial charge is 0.339 e. The Hall–Kier alpha value is -3.06. The summed E-state index contributed by atoms with van der Waals surface area (Å²) in [5.41, 5.74) is 2.33. The molecule has 2 aliphatic heterocycles. The fraction of sp³-hybridized carbons (Fsp3) is 0.318. The summed E-state index contributed by atoms with van der Waals surface area (Å²) in [5.74, 6) is -1.12. The van der Waals surface area contributed by atoms with Crippen LogP contribution >= 0.6 is 11.6 Å². The van der Waals surface area contributed by atoms with Crippen molar-refractivity contribution in [3.8, 4) is 0 Å². The van der Waals surface area contributed by atoms with Gasteiger partial charge in [-0.2, -0.15) is 0 Å². The number of nitrogens with one attached hydrogen (secondary N) is 1. The van der Waals surface area contributed by atoms with E-state index >= 15 is 0 Å². The minimum Gasteiger partial charge on any atom is -0.448 e. The van der Waals surface area contributed by atoms with E-state index in [2.05, 4.69) is 10.2 Å². The molecule has 0 bridgehead atoms. The predicted molar refractivity (Wildman–Crippen MR) is 113 cm³/mol. The van der Waals surface area contributed by atoms with Crippen LogP contribution in [0.5, 0.6) is 0 Å². The summed E-state index contributed by atoms with van der Waals surface area (Å²) < 4.78 is 5.23. The standard InChI is InChI=1S/C22H22ClN3O4/c23-16-5-7-17(8-6-16)25-9-11-26(12-10-25)20(27)14-24-21(28)19-13-15-3-1-2-4-18(15)22(29)30-19/h1-8,19H,9-14H2,(H,24,28)/t19-/m1/s1. The molecule has 2 aromatic rings. The Morgan fingerprint density at radius 1 is 1.03 bits per heavy atom. The van der Waals surface area contributed by atoms with Gasteiger partial charge >= 0.3 is 5.97 Å². The second-order valence-corrected chi connectivity index (χ2v) is 7.75. The van der Waals surface area contributed by atoms with Gasteiger partial charge in [0, 0.05) is 43.3 Å². The number of rotatable bonds is 4. The van der Waals surface area contributed by atoms with Crippen molar-refractivity contribution >= 4 is 35.1 Å². The first-order valence-electron chi connectivity index (χ1n) is 9.86. The minimum absolute atomic E-state index is 0.116. The van der Waals surface area contributed by atoms with Gasteiger partial charge in [0.25, 0.3) is 5.91 Å². The number of hydrogen-bond donors (Lipinski definition) is 1.